The van der Waals surface area contributed by atoms with Gasteiger partial charge in [0, 0.05) is 0 Å². The maximum Gasteiger partial charge on any atom is 0.303 e. The molecule has 0 saturated heterocycles. The van der Waals surface area contributed by atoms with Gasteiger partial charge in [0.2, 0.25) is 0 Å². The van der Waals surface area contributed by atoms with E-state index >= 15 is 0 Å². The highest BCUT2D eigenvalue weighted by atomic mass is 16.4. The summed E-state index contributed by atoms with van der Waals surface area (Å²) in [6.45, 7) is 4.25. The molecular formula is C22H36O2. The Bertz CT molecular complexity index is 436. The van der Waals surface area contributed by atoms with Gasteiger partial charge in [0.25, 0.3) is 0 Å². The largest absolute Gasteiger partial charge is 0.481 e. The van der Waals surface area contributed by atoms with Crippen LogP contribution in [0.4, 0.5) is 0 Å². The van der Waals surface area contributed by atoms with Crippen molar-refractivity contribution >= 4 is 5.97 Å². The lowest BCUT2D eigenvalue weighted by Gasteiger charge is -2.10. The van der Waals surface area contributed by atoms with Gasteiger partial charge in [-0.25, -0.2) is 0 Å². The average Bonchev–Trinajstić information content (AvgIpc) is 2.56. The second-order valence-electron chi connectivity index (χ2n) is 7.17. The summed E-state index contributed by atoms with van der Waals surface area (Å²) >= 11 is 0. The van der Waals surface area contributed by atoms with Crippen LogP contribution in [-0.2, 0) is 11.2 Å². The molecule has 0 unspecified atom stereocenters. The number of carbonyl (C=O) groups is 1. The molecule has 0 radical (unpaired) electrons. The van der Waals surface area contributed by atoms with E-state index in [4.69, 9.17) is 5.11 Å². The van der Waals surface area contributed by atoms with E-state index in [1.807, 2.05) is 6.92 Å². The van der Waals surface area contributed by atoms with E-state index in [0.717, 1.165) is 12.0 Å². The SMILES string of the molecule is CCCCCCCCCCCCc1ccc([C@H](C)CC(=O)O)cc1. The lowest BCUT2D eigenvalue weighted by atomic mass is 9.95. The van der Waals surface area contributed by atoms with Crippen LogP contribution in [0.25, 0.3) is 0 Å². The molecule has 0 aromatic heterocycles. The number of hydrogen-bond acceptors (Lipinski definition) is 1. The molecule has 0 aliphatic heterocycles. The molecule has 0 aliphatic rings. The third kappa shape index (κ3) is 9.75. The van der Waals surface area contributed by atoms with Crippen molar-refractivity contribution in [3.63, 3.8) is 0 Å². The first-order valence-corrected chi connectivity index (χ1v) is 9.94. The minimum Gasteiger partial charge on any atom is -0.481 e. The summed E-state index contributed by atoms with van der Waals surface area (Å²) in [4.78, 5) is 10.8. The van der Waals surface area contributed by atoms with E-state index in [1.165, 1.54) is 69.8 Å². The summed E-state index contributed by atoms with van der Waals surface area (Å²) in [5, 5.41) is 8.86. The Kier molecular flexibility index (Phi) is 11.3. The van der Waals surface area contributed by atoms with Crippen molar-refractivity contribution in [3.05, 3.63) is 35.4 Å². The molecule has 0 fully saturated rings. The van der Waals surface area contributed by atoms with Crippen LogP contribution in [0.15, 0.2) is 24.3 Å². The summed E-state index contributed by atoms with van der Waals surface area (Å²) in [6, 6.07) is 8.53. The van der Waals surface area contributed by atoms with Gasteiger partial charge < -0.3 is 5.11 Å². The van der Waals surface area contributed by atoms with Gasteiger partial charge in [-0.2, -0.15) is 0 Å². The standard InChI is InChI=1S/C22H36O2/c1-3-4-5-6-7-8-9-10-11-12-13-20-14-16-21(17-15-20)19(2)18-22(23)24/h14-17,19H,3-13,18H2,1-2H3,(H,23,24)/t19-/m1/s1. The Balaban J connectivity index is 2.08. The van der Waals surface area contributed by atoms with Crippen LogP contribution < -0.4 is 0 Å². The smallest absolute Gasteiger partial charge is 0.303 e. The number of rotatable bonds is 14. The Morgan fingerprint density at radius 3 is 1.88 bits per heavy atom. The lowest BCUT2D eigenvalue weighted by molar-refractivity contribution is -0.137. The van der Waals surface area contributed by atoms with Crippen LogP contribution >= 0.6 is 0 Å². The number of unbranched alkanes of at least 4 members (excludes halogenated alkanes) is 9. The van der Waals surface area contributed by atoms with Crippen molar-refractivity contribution in [1.29, 1.82) is 0 Å². The molecule has 0 spiro atoms. The van der Waals surface area contributed by atoms with Gasteiger partial charge in [-0.1, -0.05) is 95.9 Å². The molecule has 0 bridgehead atoms. The highest BCUT2D eigenvalue weighted by Gasteiger charge is 2.09. The quantitative estimate of drug-likeness (QED) is 0.383. The van der Waals surface area contributed by atoms with Crippen LogP contribution in [0.1, 0.15) is 102 Å². The fraction of sp³-hybridized carbons (Fsp3) is 0.682. The van der Waals surface area contributed by atoms with Gasteiger partial charge in [0.05, 0.1) is 6.42 Å². The van der Waals surface area contributed by atoms with Crippen molar-refractivity contribution in [3.8, 4) is 0 Å². The summed E-state index contributed by atoms with van der Waals surface area (Å²) in [7, 11) is 0. The molecule has 1 atom stereocenters. The van der Waals surface area contributed by atoms with E-state index in [2.05, 4.69) is 31.2 Å². The maximum atomic E-state index is 10.8. The van der Waals surface area contributed by atoms with E-state index in [9.17, 15) is 4.79 Å². The molecule has 24 heavy (non-hydrogen) atoms. The average molecular weight is 333 g/mol. The third-order valence-electron chi connectivity index (χ3n) is 4.85. The third-order valence-corrected chi connectivity index (χ3v) is 4.85. The zero-order valence-electron chi connectivity index (χ0n) is 15.7. The molecule has 2 nitrogen and oxygen atoms in total. The Labute approximate surface area is 148 Å². The second kappa shape index (κ2) is 13.0. The van der Waals surface area contributed by atoms with Crippen molar-refractivity contribution in [1.82, 2.24) is 0 Å². The zero-order valence-corrected chi connectivity index (χ0v) is 15.7. The molecule has 1 aromatic carbocycles. The van der Waals surface area contributed by atoms with Gasteiger partial charge in [-0.05, 0) is 29.9 Å². The summed E-state index contributed by atoms with van der Waals surface area (Å²) in [6.07, 6.45) is 15.1. The fourth-order valence-corrected chi connectivity index (χ4v) is 3.21. The summed E-state index contributed by atoms with van der Waals surface area (Å²) in [5.74, 6) is -0.634. The van der Waals surface area contributed by atoms with Gasteiger partial charge in [-0.3, -0.25) is 4.79 Å². The predicted octanol–water partition coefficient (Wildman–Crippen LogP) is 6.73. The number of aryl methyl sites for hydroxylation is 1. The first kappa shape index (κ1) is 20.7. The fourth-order valence-electron chi connectivity index (χ4n) is 3.21. The first-order valence-electron chi connectivity index (χ1n) is 9.94. The molecule has 0 saturated carbocycles. The van der Waals surface area contributed by atoms with E-state index in [0.29, 0.717) is 0 Å². The first-order chi connectivity index (χ1) is 11.6. The molecule has 0 amide bonds. The van der Waals surface area contributed by atoms with Crippen molar-refractivity contribution in [2.24, 2.45) is 0 Å². The van der Waals surface area contributed by atoms with E-state index < -0.39 is 5.97 Å². The monoisotopic (exact) mass is 332 g/mol. The molecular weight excluding hydrogens is 296 g/mol. The summed E-state index contributed by atoms with van der Waals surface area (Å²) < 4.78 is 0. The van der Waals surface area contributed by atoms with Crippen molar-refractivity contribution < 1.29 is 9.90 Å². The number of aliphatic carboxylic acids is 1. The molecule has 0 aliphatic carbocycles. The molecule has 1 rings (SSSR count). The highest BCUT2D eigenvalue weighted by molar-refractivity contribution is 5.67. The molecule has 2 heteroatoms. The number of carboxylic acids is 1. The lowest BCUT2D eigenvalue weighted by Crippen LogP contribution is -2.02. The number of carboxylic acid groups (broad SMARTS) is 1. The van der Waals surface area contributed by atoms with Crippen LogP contribution in [0, 0.1) is 0 Å². The minimum atomic E-state index is -0.725. The van der Waals surface area contributed by atoms with Crippen molar-refractivity contribution in [2.45, 2.75) is 96.8 Å². The van der Waals surface area contributed by atoms with E-state index in [1.54, 1.807) is 0 Å². The molecule has 1 aromatic rings. The Morgan fingerprint density at radius 2 is 1.38 bits per heavy atom. The molecule has 0 heterocycles. The minimum absolute atomic E-state index is 0.0916. The van der Waals surface area contributed by atoms with Gasteiger partial charge in [0.15, 0.2) is 0 Å². The Morgan fingerprint density at radius 1 is 0.875 bits per heavy atom. The van der Waals surface area contributed by atoms with Crippen LogP contribution in [-0.4, -0.2) is 11.1 Å². The van der Waals surface area contributed by atoms with Crippen LogP contribution in [0.3, 0.4) is 0 Å². The van der Waals surface area contributed by atoms with Gasteiger partial charge >= 0.3 is 5.97 Å². The zero-order chi connectivity index (χ0) is 17.6. The van der Waals surface area contributed by atoms with Crippen LogP contribution in [0.5, 0.6) is 0 Å². The Hall–Kier alpha value is -1.31. The van der Waals surface area contributed by atoms with Gasteiger partial charge in [-0.15, -0.1) is 0 Å². The number of hydrogen-bond donors (Lipinski definition) is 1. The molecule has 136 valence electrons. The summed E-state index contributed by atoms with van der Waals surface area (Å²) in [5.41, 5.74) is 2.50. The normalized spacial score (nSPS) is 12.2. The van der Waals surface area contributed by atoms with Crippen molar-refractivity contribution in [2.75, 3.05) is 0 Å². The molecule has 1 N–H and O–H groups in total. The second-order valence-corrected chi connectivity index (χ2v) is 7.17. The number of benzene rings is 1. The van der Waals surface area contributed by atoms with Crippen LogP contribution in [0.2, 0.25) is 0 Å². The topological polar surface area (TPSA) is 37.3 Å². The highest BCUT2D eigenvalue weighted by Crippen LogP contribution is 2.20. The maximum absolute atomic E-state index is 10.8. The van der Waals surface area contributed by atoms with Gasteiger partial charge in [0.1, 0.15) is 0 Å². The van der Waals surface area contributed by atoms with E-state index in [-0.39, 0.29) is 12.3 Å². The predicted molar refractivity (Wildman–Crippen MR) is 103 cm³/mol.